The van der Waals surface area contributed by atoms with E-state index in [1.54, 1.807) is 29.8 Å². The largest absolute Gasteiger partial charge is 0.462 e. The highest BCUT2D eigenvalue weighted by Crippen LogP contribution is 2.67. The van der Waals surface area contributed by atoms with Crippen LogP contribution in [0.1, 0.15) is 167 Å². The quantitative estimate of drug-likeness (QED) is 0.0517. The summed E-state index contributed by atoms with van der Waals surface area (Å²) in [5.74, 6) is 4.56. The number of benzene rings is 3. The molecular weight excluding hydrogens is 788 g/mol. The highest BCUT2D eigenvalue weighted by molar-refractivity contribution is 5.91. The van der Waals surface area contributed by atoms with Crippen LogP contribution in [0.25, 0.3) is 11.1 Å². The second-order valence-electron chi connectivity index (χ2n) is 20.7. The topological polar surface area (TPSA) is 78.9 Å². The molecule has 6 nitrogen and oxygen atoms in total. The molecule has 0 amide bonds. The highest BCUT2D eigenvalue weighted by Gasteiger charge is 2.59. The Bertz CT molecular complexity index is 2020. The molecule has 0 heterocycles. The molecule has 3 aromatic carbocycles. The summed E-state index contributed by atoms with van der Waals surface area (Å²) in [6.07, 6.45) is 23.1. The van der Waals surface area contributed by atoms with Gasteiger partial charge in [-0.3, -0.25) is 9.59 Å². The summed E-state index contributed by atoms with van der Waals surface area (Å²) in [7, 11) is 0. The van der Waals surface area contributed by atoms with Crippen molar-refractivity contribution >= 4 is 17.9 Å². The fraction of sp³-hybridized carbons (Fsp3) is 0.589. The van der Waals surface area contributed by atoms with E-state index in [-0.39, 0.29) is 29.2 Å². The third kappa shape index (κ3) is 11.5. The number of carbonyl (C=O) groups excluding carboxylic acids is 3. The van der Waals surface area contributed by atoms with E-state index in [1.165, 1.54) is 75.6 Å². The van der Waals surface area contributed by atoms with Crippen LogP contribution in [0.3, 0.4) is 0 Å². The normalized spacial score (nSPS) is 26.8. The van der Waals surface area contributed by atoms with E-state index in [1.807, 2.05) is 24.3 Å². The van der Waals surface area contributed by atoms with Crippen molar-refractivity contribution in [3.63, 3.8) is 0 Å². The van der Waals surface area contributed by atoms with E-state index in [0.717, 1.165) is 104 Å². The third-order valence-corrected chi connectivity index (χ3v) is 16.1. The van der Waals surface area contributed by atoms with Crippen LogP contribution in [0.15, 0.2) is 84.4 Å². The summed E-state index contributed by atoms with van der Waals surface area (Å²) in [6.45, 7) is 12.5. The maximum Gasteiger partial charge on any atom is 0.343 e. The van der Waals surface area contributed by atoms with Crippen LogP contribution < -0.4 is 9.47 Å². The Morgan fingerprint density at radius 3 is 1.97 bits per heavy atom. The molecule has 7 rings (SSSR count). The van der Waals surface area contributed by atoms with Crippen molar-refractivity contribution in [2.24, 2.45) is 46.3 Å². The van der Waals surface area contributed by atoms with Gasteiger partial charge in [0.15, 0.2) is 0 Å². The van der Waals surface area contributed by atoms with Crippen molar-refractivity contribution < 1.29 is 33.0 Å². The van der Waals surface area contributed by atoms with Crippen LogP contribution in [0.2, 0.25) is 0 Å². The molecule has 340 valence electrons. The number of halogens is 1. The molecule has 0 saturated heterocycles. The lowest BCUT2D eigenvalue weighted by Gasteiger charge is -2.58. The van der Waals surface area contributed by atoms with Crippen molar-refractivity contribution in [2.45, 2.75) is 163 Å². The predicted octanol–water partition coefficient (Wildman–Crippen LogP) is 14.7. The monoisotopic (exact) mass is 861 g/mol. The molecule has 7 heteroatoms. The van der Waals surface area contributed by atoms with Gasteiger partial charge in [-0.25, -0.2) is 9.18 Å². The van der Waals surface area contributed by atoms with Gasteiger partial charge in [-0.15, -0.1) is 0 Å². The number of rotatable bonds is 19. The molecular formula is C56H73FO6. The van der Waals surface area contributed by atoms with E-state index in [2.05, 4.69) is 40.7 Å². The average Bonchev–Trinajstić information content (AvgIpc) is 3.63. The maximum absolute atomic E-state index is 13.1. The van der Waals surface area contributed by atoms with E-state index in [4.69, 9.17) is 14.2 Å². The third-order valence-electron chi connectivity index (χ3n) is 16.1. The molecule has 4 aliphatic carbocycles. The van der Waals surface area contributed by atoms with Crippen molar-refractivity contribution in [1.82, 2.24) is 0 Å². The van der Waals surface area contributed by atoms with E-state index < -0.39 is 11.8 Å². The molecule has 3 saturated carbocycles. The van der Waals surface area contributed by atoms with Crippen molar-refractivity contribution in [2.75, 3.05) is 0 Å². The number of hydrogen-bond acceptors (Lipinski definition) is 6. The molecule has 0 N–H and O–H groups in total. The first-order chi connectivity index (χ1) is 30.3. The zero-order chi connectivity index (χ0) is 44.6. The van der Waals surface area contributed by atoms with Gasteiger partial charge in [0.2, 0.25) is 0 Å². The van der Waals surface area contributed by atoms with Crippen LogP contribution in [0.4, 0.5) is 4.39 Å². The first-order valence-corrected chi connectivity index (χ1v) is 24.6. The van der Waals surface area contributed by atoms with Gasteiger partial charge in [0.05, 0.1) is 5.56 Å². The minimum absolute atomic E-state index is 0.0238. The standard InChI is InChI=1S/C56H73FO6/c1-38(2)13-12-14-39(3)49-31-32-50-48-30-23-43-37-47(33-35-55(43,4)51(48)34-36-56(49,50)5)62-53(59)16-11-9-7-6-8-10-15-52(58)61-45-26-21-41(22-27-45)40-17-19-42(20-18-40)54(60)63-46-28-24-44(57)25-29-46/h17-29,38-39,47-51H,6-16,30-37H2,1-5H3/t39-,47?,48+,49-,50+,51+,55+,56-/m1/s1. The molecule has 3 fully saturated rings. The fourth-order valence-corrected chi connectivity index (χ4v) is 12.6. The zero-order valence-corrected chi connectivity index (χ0v) is 38.8. The summed E-state index contributed by atoms with van der Waals surface area (Å²) in [4.78, 5) is 38.0. The number of hydrogen-bond donors (Lipinski definition) is 0. The molecule has 0 bridgehead atoms. The van der Waals surface area contributed by atoms with Gasteiger partial charge < -0.3 is 14.2 Å². The molecule has 8 atom stereocenters. The van der Waals surface area contributed by atoms with Crippen molar-refractivity contribution in [3.8, 4) is 22.6 Å². The molecule has 0 aromatic heterocycles. The molecule has 3 aromatic rings. The number of ether oxygens (including phenoxy) is 3. The second-order valence-corrected chi connectivity index (χ2v) is 20.7. The number of esters is 3. The fourth-order valence-electron chi connectivity index (χ4n) is 12.6. The smallest absolute Gasteiger partial charge is 0.343 e. The molecule has 1 unspecified atom stereocenters. The lowest BCUT2D eigenvalue weighted by molar-refractivity contribution is -0.151. The number of unbranched alkanes of at least 4 members (excludes halogenated alkanes) is 5. The maximum atomic E-state index is 13.1. The Kier molecular flexibility index (Phi) is 15.7. The number of fused-ring (bicyclic) bond motifs is 5. The van der Waals surface area contributed by atoms with E-state index in [0.29, 0.717) is 29.6 Å². The SMILES string of the molecule is CC(C)CCC[C@@H](C)[C@H]1CC[C@H]2[C@@H]3CC=C4CC(OC(=O)CCCCCCCCC(=O)Oc5ccc(-c6ccc(C(=O)Oc7ccc(F)cc7)cc6)cc5)CC[C@]4(C)[C@H]3CC[C@]12C. The van der Waals surface area contributed by atoms with Crippen LogP contribution in [0.5, 0.6) is 11.5 Å². The van der Waals surface area contributed by atoms with Crippen LogP contribution in [-0.2, 0) is 14.3 Å². The Morgan fingerprint density at radius 1 is 0.667 bits per heavy atom. The lowest BCUT2D eigenvalue weighted by Crippen LogP contribution is -2.51. The number of carbonyl (C=O) groups is 3. The predicted molar refractivity (Wildman–Crippen MR) is 249 cm³/mol. The van der Waals surface area contributed by atoms with Crippen molar-refractivity contribution in [3.05, 3.63) is 95.8 Å². The van der Waals surface area contributed by atoms with Crippen molar-refractivity contribution in [1.29, 1.82) is 0 Å². The lowest BCUT2D eigenvalue weighted by atomic mass is 9.47. The first kappa shape index (κ1) is 46.7. The average molecular weight is 861 g/mol. The summed E-state index contributed by atoms with van der Waals surface area (Å²) in [5.41, 5.74) is 4.55. The van der Waals surface area contributed by atoms with Gasteiger partial charge in [-0.05, 0) is 164 Å². The van der Waals surface area contributed by atoms with Crippen LogP contribution >= 0.6 is 0 Å². The summed E-state index contributed by atoms with van der Waals surface area (Å²) in [6, 6.07) is 19.6. The van der Waals surface area contributed by atoms with Gasteiger partial charge >= 0.3 is 17.9 Å². The Morgan fingerprint density at radius 2 is 1.29 bits per heavy atom. The molecule has 0 radical (unpaired) electrons. The summed E-state index contributed by atoms with van der Waals surface area (Å²) < 4.78 is 30.2. The first-order valence-electron chi connectivity index (χ1n) is 24.6. The number of allylic oxidation sites excluding steroid dienone is 1. The molecule has 0 spiro atoms. The minimum atomic E-state index is -0.524. The van der Waals surface area contributed by atoms with Crippen LogP contribution in [-0.4, -0.2) is 24.0 Å². The van der Waals surface area contributed by atoms with Gasteiger partial charge in [-0.2, -0.15) is 0 Å². The second kappa shape index (κ2) is 21.2. The van der Waals surface area contributed by atoms with Crippen LogP contribution in [0, 0.1) is 52.2 Å². The Balaban J connectivity index is 0.748. The zero-order valence-electron chi connectivity index (χ0n) is 38.8. The molecule has 0 aliphatic heterocycles. The minimum Gasteiger partial charge on any atom is -0.462 e. The molecule has 4 aliphatic rings. The summed E-state index contributed by atoms with van der Waals surface area (Å²) in [5, 5.41) is 0. The molecule has 63 heavy (non-hydrogen) atoms. The Labute approximate surface area is 377 Å². The van der Waals surface area contributed by atoms with Gasteiger partial charge in [0.25, 0.3) is 0 Å². The van der Waals surface area contributed by atoms with Gasteiger partial charge in [-0.1, -0.05) is 115 Å². The van der Waals surface area contributed by atoms with E-state index in [9.17, 15) is 18.8 Å². The summed E-state index contributed by atoms with van der Waals surface area (Å²) >= 11 is 0. The van der Waals surface area contributed by atoms with Gasteiger partial charge in [0, 0.05) is 19.3 Å². The highest BCUT2D eigenvalue weighted by atomic mass is 19.1. The van der Waals surface area contributed by atoms with E-state index >= 15 is 0 Å². The Hall–Kier alpha value is -4.26. The van der Waals surface area contributed by atoms with Gasteiger partial charge in [0.1, 0.15) is 23.4 Å².